The van der Waals surface area contributed by atoms with Crippen LogP contribution in [0.2, 0.25) is 0 Å². The molecule has 8 N–H and O–H groups in total. The molecule has 0 aromatic heterocycles. The first-order chi connectivity index (χ1) is 4.63. The van der Waals surface area contributed by atoms with Gasteiger partial charge in [-0.25, -0.2) is 0 Å². The summed E-state index contributed by atoms with van der Waals surface area (Å²) >= 11 is 0. The van der Waals surface area contributed by atoms with Crippen LogP contribution in [0.15, 0.2) is 0 Å². The van der Waals surface area contributed by atoms with E-state index in [0.717, 1.165) is 0 Å². The molecule has 0 aliphatic carbocycles. The Morgan fingerprint density at radius 2 is 1.08 bits per heavy atom. The molecular formula is C5H16ClNO5. The fourth-order valence-corrected chi connectivity index (χ4v) is 0.472. The molecule has 0 saturated carbocycles. The van der Waals surface area contributed by atoms with Crippen molar-refractivity contribution in [2.75, 3.05) is 13.2 Å². The van der Waals surface area contributed by atoms with E-state index >= 15 is 0 Å². The summed E-state index contributed by atoms with van der Waals surface area (Å²) in [4.78, 5) is 0. The van der Waals surface area contributed by atoms with Gasteiger partial charge in [0.15, 0.2) is 0 Å². The molecule has 0 spiro atoms. The lowest BCUT2D eigenvalue weighted by Gasteiger charge is -2.19. The van der Waals surface area contributed by atoms with Crippen LogP contribution in [0.25, 0.3) is 0 Å². The van der Waals surface area contributed by atoms with Crippen molar-refractivity contribution in [3.63, 3.8) is 0 Å². The van der Waals surface area contributed by atoms with E-state index in [-0.39, 0.29) is 18.6 Å². The third-order valence-corrected chi connectivity index (χ3v) is 1.16. The smallest absolute Gasteiger partial charge is 0.110 e. The summed E-state index contributed by atoms with van der Waals surface area (Å²) in [5.41, 5.74) is 0. The van der Waals surface area contributed by atoms with Crippen molar-refractivity contribution in [2.24, 2.45) is 0 Å². The van der Waals surface area contributed by atoms with Gasteiger partial charge in [0, 0.05) is 0 Å². The highest BCUT2D eigenvalue weighted by Gasteiger charge is 2.22. The first-order valence-corrected chi connectivity index (χ1v) is 2.89. The third kappa shape index (κ3) is 5.67. The number of hydrogen-bond acceptors (Lipinski definition) is 6. The van der Waals surface area contributed by atoms with Gasteiger partial charge >= 0.3 is 0 Å². The molecule has 78 valence electrons. The zero-order chi connectivity index (χ0) is 8.15. The van der Waals surface area contributed by atoms with Crippen LogP contribution in [0.1, 0.15) is 0 Å². The lowest BCUT2D eigenvalue weighted by atomic mass is 10.1. The molecule has 6 nitrogen and oxygen atoms in total. The molecule has 0 bridgehead atoms. The Kier molecular flexibility index (Phi) is 13.7. The molecular weight excluding hydrogens is 190 g/mol. The summed E-state index contributed by atoms with van der Waals surface area (Å²) < 4.78 is 0. The summed E-state index contributed by atoms with van der Waals surface area (Å²) in [5.74, 6) is 0. The Morgan fingerprint density at radius 1 is 0.833 bits per heavy atom. The van der Waals surface area contributed by atoms with Crippen LogP contribution in [0.3, 0.4) is 0 Å². The normalized spacial score (nSPS) is 16.8. The largest absolute Gasteiger partial charge is 0.394 e. The summed E-state index contributed by atoms with van der Waals surface area (Å²) in [6.45, 7) is -1.28. The van der Waals surface area contributed by atoms with Crippen LogP contribution in [0.5, 0.6) is 0 Å². The van der Waals surface area contributed by atoms with Crippen molar-refractivity contribution >= 4 is 12.4 Å². The van der Waals surface area contributed by atoms with Gasteiger partial charge in [-0.1, -0.05) is 0 Å². The predicted octanol–water partition coefficient (Wildman–Crippen LogP) is -2.36. The van der Waals surface area contributed by atoms with Gasteiger partial charge < -0.3 is 31.7 Å². The molecule has 0 heterocycles. The van der Waals surface area contributed by atoms with Gasteiger partial charge in [-0.2, -0.15) is 0 Å². The van der Waals surface area contributed by atoms with Crippen molar-refractivity contribution in [1.29, 1.82) is 0 Å². The Bertz CT molecular complexity index is 85.9. The summed E-state index contributed by atoms with van der Waals surface area (Å²) in [6, 6.07) is 0. The third-order valence-electron chi connectivity index (χ3n) is 1.16. The van der Waals surface area contributed by atoms with Crippen LogP contribution < -0.4 is 6.15 Å². The number of rotatable bonds is 4. The van der Waals surface area contributed by atoms with E-state index in [0.29, 0.717) is 0 Å². The molecule has 0 aromatic rings. The van der Waals surface area contributed by atoms with Gasteiger partial charge in [0.1, 0.15) is 18.3 Å². The van der Waals surface area contributed by atoms with E-state index in [9.17, 15) is 0 Å². The Morgan fingerprint density at radius 3 is 1.25 bits per heavy atom. The maximum absolute atomic E-state index is 8.77. The topological polar surface area (TPSA) is 136 Å². The van der Waals surface area contributed by atoms with Gasteiger partial charge in [0.2, 0.25) is 0 Å². The van der Waals surface area contributed by atoms with E-state index in [4.69, 9.17) is 25.5 Å². The number of aliphatic hydroxyl groups excluding tert-OH is 5. The van der Waals surface area contributed by atoms with Crippen molar-refractivity contribution in [3.05, 3.63) is 0 Å². The van der Waals surface area contributed by atoms with Crippen LogP contribution in [-0.2, 0) is 0 Å². The summed E-state index contributed by atoms with van der Waals surface area (Å²) in [7, 11) is 0. The van der Waals surface area contributed by atoms with Crippen LogP contribution in [-0.4, -0.2) is 57.1 Å². The molecule has 0 amide bonds. The second-order valence-corrected chi connectivity index (χ2v) is 1.99. The van der Waals surface area contributed by atoms with Gasteiger partial charge in [0.05, 0.1) is 13.2 Å². The standard InChI is InChI=1S/C5H12O5.ClH.H3N/c6-1-3(8)5(10)4(9)2-7;;/h3-10H,1-2H2;1H;1H3/t3-,4+,5?;;. The lowest BCUT2D eigenvalue weighted by molar-refractivity contribution is -0.0900. The minimum atomic E-state index is -1.49. The number of hydrogen-bond donors (Lipinski definition) is 6. The molecule has 7 heteroatoms. The number of aliphatic hydroxyl groups is 5. The minimum Gasteiger partial charge on any atom is -0.394 e. The highest BCUT2D eigenvalue weighted by Crippen LogP contribution is 1.97. The summed E-state index contributed by atoms with van der Waals surface area (Å²) in [5, 5.41) is 42.6. The maximum atomic E-state index is 8.77. The molecule has 0 radical (unpaired) electrons. The monoisotopic (exact) mass is 205 g/mol. The highest BCUT2D eigenvalue weighted by atomic mass is 35.5. The second kappa shape index (κ2) is 9.14. The van der Waals surface area contributed by atoms with Crippen molar-refractivity contribution < 1.29 is 25.5 Å². The zero-order valence-electron chi connectivity index (χ0n) is 6.50. The SMILES string of the molecule is Cl.N.OC[C@@H](O)C(O)[C@@H](O)CO. The summed E-state index contributed by atoms with van der Waals surface area (Å²) in [6.07, 6.45) is -4.29. The maximum Gasteiger partial charge on any atom is 0.110 e. The first-order valence-electron chi connectivity index (χ1n) is 2.89. The van der Waals surface area contributed by atoms with Gasteiger partial charge in [-0.3, -0.25) is 0 Å². The zero-order valence-corrected chi connectivity index (χ0v) is 7.31. The van der Waals surface area contributed by atoms with Crippen LogP contribution in [0.4, 0.5) is 0 Å². The van der Waals surface area contributed by atoms with E-state index in [1.807, 2.05) is 0 Å². The second-order valence-electron chi connectivity index (χ2n) is 1.99. The number of halogens is 1. The van der Waals surface area contributed by atoms with Crippen LogP contribution in [0, 0.1) is 0 Å². The average molecular weight is 206 g/mol. The molecule has 12 heavy (non-hydrogen) atoms. The van der Waals surface area contributed by atoms with Crippen LogP contribution >= 0.6 is 12.4 Å². The molecule has 1 unspecified atom stereocenters. The molecule has 0 aromatic carbocycles. The van der Waals surface area contributed by atoms with Gasteiger partial charge in [-0.15, -0.1) is 12.4 Å². The van der Waals surface area contributed by atoms with E-state index in [2.05, 4.69) is 0 Å². The fourth-order valence-electron chi connectivity index (χ4n) is 0.472. The Hall–Kier alpha value is 0.0500. The van der Waals surface area contributed by atoms with Crippen molar-refractivity contribution in [2.45, 2.75) is 18.3 Å². The first kappa shape index (κ1) is 18.0. The lowest BCUT2D eigenvalue weighted by Crippen LogP contribution is -2.41. The van der Waals surface area contributed by atoms with E-state index in [1.54, 1.807) is 0 Å². The minimum absolute atomic E-state index is 0. The predicted molar refractivity (Wildman–Crippen MR) is 44.5 cm³/mol. The molecule has 0 aliphatic heterocycles. The van der Waals surface area contributed by atoms with Gasteiger partial charge in [0.25, 0.3) is 0 Å². The molecule has 0 fully saturated rings. The van der Waals surface area contributed by atoms with Crippen molar-refractivity contribution in [1.82, 2.24) is 6.15 Å². The van der Waals surface area contributed by atoms with Gasteiger partial charge in [-0.05, 0) is 0 Å². The average Bonchev–Trinajstić information content (AvgIpc) is 2.00. The molecule has 0 aliphatic rings. The van der Waals surface area contributed by atoms with Crippen molar-refractivity contribution in [3.8, 4) is 0 Å². The molecule has 0 saturated heterocycles. The Labute approximate surface area is 76.5 Å². The molecule has 0 rings (SSSR count). The van der Waals surface area contributed by atoms with E-state index in [1.165, 1.54) is 0 Å². The Balaban J connectivity index is -0.000000405. The molecule has 3 atom stereocenters. The fraction of sp³-hybridized carbons (Fsp3) is 1.00. The van der Waals surface area contributed by atoms with E-state index < -0.39 is 31.5 Å². The highest BCUT2D eigenvalue weighted by molar-refractivity contribution is 5.85. The quantitative estimate of drug-likeness (QED) is 0.304.